The number of fused-ring (bicyclic) bond motifs is 1. The number of ether oxygens (including phenoxy) is 1. The summed E-state index contributed by atoms with van der Waals surface area (Å²) in [5.41, 5.74) is -0.246. The number of pyridine rings is 1. The number of halogens is 1. The summed E-state index contributed by atoms with van der Waals surface area (Å²) in [5, 5.41) is 13.7. The van der Waals surface area contributed by atoms with Crippen molar-refractivity contribution in [1.29, 1.82) is 0 Å². The lowest BCUT2D eigenvalue weighted by atomic mass is 10.0. The van der Waals surface area contributed by atoms with E-state index in [2.05, 4.69) is 14.8 Å². The van der Waals surface area contributed by atoms with Crippen LogP contribution in [-0.4, -0.2) is 32.8 Å². The topological polar surface area (TPSA) is 96.7 Å². The molecule has 8 heteroatoms. The van der Waals surface area contributed by atoms with Crippen molar-refractivity contribution in [2.24, 2.45) is 0 Å². The minimum absolute atomic E-state index is 0.00890. The van der Waals surface area contributed by atoms with E-state index in [0.29, 0.717) is 10.6 Å². The van der Waals surface area contributed by atoms with Crippen molar-refractivity contribution < 1.29 is 14.6 Å². The Balaban J connectivity index is 2.30. The zero-order chi connectivity index (χ0) is 16.6. The molecule has 0 saturated carbocycles. The SMILES string of the molecule is COC(=O)c1c(C(O)c2cccnc2)[nH]n2cc(Cl)cc2c1=O. The molecule has 23 heavy (non-hydrogen) atoms. The lowest BCUT2D eigenvalue weighted by molar-refractivity contribution is 0.0592. The number of carbonyl (C=O) groups is 1. The Kier molecular flexibility index (Phi) is 3.89. The molecule has 118 valence electrons. The van der Waals surface area contributed by atoms with E-state index in [9.17, 15) is 14.7 Å². The second-order valence-corrected chi connectivity index (χ2v) is 5.26. The van der Waals surface area contributed by atoms with Gasteiger partial charge in [-0.15, -0.1) is 0 Å². The number of methoxy groups -OCH3 is 1. The highest BCUT2D eigenvalue weighted by molar-refractivity contribution is 6.31. The average Bonchev–Trinajstić information content (AvgIpc) is 2.95. The summed E-state index contributed by atoms with van der Waals surface area (Å²) < 4.78 is 6.02. The van der Waals surface area contributed by atoms with Crippen molar-refractivity contribution in [2.45, 2.75) is 6.10 Å². The van der Waals surface area contributed by atoms with Gasteiger partial charge in [0.15, 0.2) is 0 Å². The number of aliphatic hydroxyl groups is 1. The van der Waals surface area contributed by atoms with Gasteiger partial charge in [-0.25, -0.2) is 4.79 Å². The van der Waals surface area contributed by atoms with Crippen LogP contribution in [0.5, 0.6) is 0 Å². The molecule has 1 atom stereocenters. The van der Waals surface area contributed by atoms with Gasteiger partial charge in [0, 0.05) is 24.2 Å². The summed E-state index contributed by atoms with van der Waals surface area (Å²) in [6.07, 6.45) is 3.21. The normalized spacial score (nSPS) is 12.3. The van der Waals surface area contributed by atoms with Crippen LogP contribution in [0.1, 0.15) is 27.7 Å². The predicted molar refractivity (Wildman–Crippen MR) is 82.7 cm³/mol. The van der Waals surface area contributed by atoms with E-state index in [1.807, 2.05) is 0 Å². The number of aromatic amines is 1. The molecule has 0 aliphatic heterocycles. The van der Waals surface area contributed by atoms with E-state index in [4.69, 9.17) is 11.6 Å². The zero-order valence-corrected chi connectivity index (χ0v) is 12.7. The van der Waals surface area contributed by atoms with Gasteiger partial charge in [0.2, 0.25) is 5.43 Å². The van der Waals surface area contributed by atoms with Crippen LogP contribution in [0.4, 0.5) is 0 Å². The van der Waals surface area contributed by atoms with E-state index in [1.54, 1.807) is 18.3 Å². The summed E-state index contributed by atoms with van der Waals surface area (Å²) in [6.45, 7) is 0. The van der Waals surface area contributed by atoms with E-state index in [0.717, 1.165) is 7.11 Å². The second-order valence-electron chi connectivity index (χ2n) is 4.82. The lowest BCUT2D eigenvalue weighted by Crippen LogP contribution is -2.25. The Labute approximate surface area is 135 Å². The van der Waals surface area contributed by atoms with Gasteiger partial charge in [0.25, 0.3) is 0 Å². The molecule has 0 fully saturated rings. The van der Waals surface area contributed by atoms with Gasteiger partial charge in [-0.05, 0) is 12.1 Å². The van der Waals surface area contributed by atoms with Gasteiger partial charge >= 0.3 is 5.97 Å². The molecule has 3 aromatic rings. The summed E-state index contributed by atoms with van der Waals surface area (Å²) >= 11 is 5.90. The number of nitrogens with zero attached hydrogens (tertiary/aromatic N) is 2. The minimum atomic E-state index is -1.25. The first-order chi connectivity index (χ1) is 11.0. The summed E-state index contributed by atoms with van der Waals surface area (Å²) in [5.74, 6) is -0.844. The van der Waals surface area contributed by atoms with Crippen LogP contribution in [0.15, 0.2) is 41.6 Å². The number of aliphatic hydroxyl groups excluding tert-OH is 1. The fraction of sp³-hybridized carbons (Fsp3) is 0.133. The maximum absolute atomic E-state index is 12.6. The molecule has 0 aliphatic carbocycles. The van der Waals surface area contributed by atoms with E-state index in [-0.39, 0.29) is 16.8 Å². The third-order valence-corrected chi connectivity index (χ3v) is 3.63. The third-order valence-electron chi connectivity index (χ3n) is 3.42. The second kappa shape index (κ2) is 5.86. The molecule has 0 bridgehead atoms. The highest BCUT2D eigenvalue weighted by Crippen LogP contribution is 2.23. The molecule has 2 N–H and O–H groups in total. The maximum Gasteiger partial charge on any atom is 0.343 e. The van der Waals surface area contributed by atoms with Crippen LogP contribution in [0.25, 0.3) is 5.52 Å². The molecule has 3 aromatic heterocycles. The number of hydrogen-bond acceptors (Lipinski definition) is 5. The number of H-pyrrole nitrogens is 1. The number of aromatic nitrogens is 3. The molecule has 0 aromatic carbocycles. The summed E-state index contributed by atoms with van der Waals surface area (Å²) in [7, 11) is 1.16. The minimum Gasteiger partial charge on any atom is -0.465 e. The van der Waals surface area contributed by atoms with Crippen molar-refractivity contribution in [3.8, 4) is 0 Å². The van der Waals surface area contributed by atoms with Crippen molar-refractivity contribution in [3.05, 3.63) is 68.9 Å². The van der Waals surface area contributed by atoms with Gasteiger partial charge in [0.05, 0.1) is 17.8 Å². The molecule has 0 radical (unpaired) electrons. The zero-order valence-electron chi connectivity index (χ0n) is 12.0. The first-order valence-corrected chi connectivity index (χ1v) is 7.00. The van der Waals surface area contributed by atoms with E-state index < -0.39 is 17.5 Å². The summed E-state index contributed by atoms with van der Waals surface area (Å²) in [6, 6.07) is 4.69. The molecule has 3 rings (SSSR count). The van der Waals surface area contributed by atoms with Crippen molar-refractivity contribution in [2.75, 3.05) is 7.11 Å². The Morgan fingerprint density at radius 1 is 1.52 bits per heavy atom. The van der Waals surface area contributed by atoms with Gasteiger partial charge in [-0.1, -0.05) is 17.7 Å². The first-order valence-electron chi connectivity index (χ1n) is 6.63. The number of rotatable bonds is 3. The van der Waals surface area contributed by atoms with Gasteiger partial charge in [0.1, 0.15) is 17.2 Å². The fourth-order valence-corrected chi connectivity index (χ4v) is 2.54. The largest absolute Gasteiger partial charge is 0.465 e. The third kappa shape index (κ3) is 2.60. The van der Waals surface area contributed by atoms with Gasteiger partial charge in [-0.2, -0.15) is 0 Å². The molecule has 0 saturated heterocycles. The number of nitrogens with one attached hydrogen (secondary N) is 1. The molecule has 0 aliphatic rings. The van der Waals surface area contributed by atoms with Crippen LogP contribution in [0.2, 0.25) is 5.02 Å². The molecule has 7 nitrogen and oxygen atoms in total. The Morgan fingerprint density at radius 2 is 2.30 bits per heavy atom. The fourth-order valence-electron chi connectivity index (χ4n) is 2.34. The van der Waals surface area contributed by atoms with Crippen molar-refractivity contribution in [3.63, 3.8) is 0 Å². The number of esters is 1. The van der Waals surface area contributed by atoms with Gasteiger partial charge < -0.3 is 9.84 Å². The Hall–Kier alpha value is -2.64. The number of hydrogen-bond donors (Lipinski definition) is 2. The molecular weight excluding hydrogens is 322 g/mol. The first kappa shape index (κ1) is 15.3. The average molecular weight is 334 g/mol. The molecule has 0 spiro atoms. The maximum atomic E-state index is 12.6. The highest BCUT2D eigenvalue weighted by atomic mass is 35.5. The molecule has 0 amide bonds. The van der Waals surface area contributed by atoms with Crippen LogP contribution >= 0.6 is 11.6 Å². The Bertz CT molecular complexity index is 933. The quantitative estimate of drug-likeness (QED) is 0.709. The van der Waals surface area contributed by atoms with E-state index in [1.165, 1.54) is 23.0 Å². The number of carbonyl (C=O) groups excluding carboxylic acids is 1. The smallest absolute Gasteiger partial charge is 0.343 e. The lowest BCUT2D eigenvalue weighted by Gasteiger charge is -2.15. The van der Waals surface area contributed by atoms with Gasteiger partial charge in [-0.3, -0.25) is 19.4 Å². The van der Waals surface area contributed by atoms with Crippen LogP contribution in [0, 0.1) is 0 Å². The summed E-state index contributed by atoms with van der Waals surface area (Å²) in [4.78, 5) is 28.5. The Morgan fingerprint density at radius 3 is 2.96 bits per heavy atom. The van der Waals surface area contributed by atoms with Crippen LogP contribution in [-0.2, 0) is 4.74 Å². The molecule has 1 unspecified atom stereocenters. The molecule has 3 heterocycles. The van der Waals surface area contributed by atoms with E-state index >= 15 is 0 Å². The van der Waals surface area contributed by atoms with Crippen molar-refractivity contribution >= 4 is 23.1 Å². The van der Waals surface area contributed by atoms with Crippen LogP contribution < -0.4 is 5.43 Å². The standard InChI is InChI=1S/C15H12ClN3O4/c1-23-15(22)11-12(13(20)8-3-2-4-17-6-8)18-19-7-9(16)5-10(19)14(11)21/h2-7,13,18,20H,1H3. The van der Waals surface area contributed by atoms with Crippen LogP contribution in [0.3, 0.4) is 0 Å². The molecular formula is C15H12ClN3O4. The monoisotopic (exact) mass is 333 g/mol. The van der Waals surface area contributed by atoms with Crippen molar-refractivity contribution in [1.82, 2.24) is 14.6 Å². The highest BCUT2D eigenvalue weighted by Gasteiger charge is 2.26. The predicted octanol–water partition coefficient (Wildman–Crippen LogP) is 1.54.